The van der Waals surface area contributed by atoms with E-state index in [1.807, 2.05) is 6.08 Å². The van der Waals surface area contributed by atoms with Crippen molar-refractivity contribution in [3.05, 3.63) is 24.4 Å². The van der Waals surface area contributed by atoms with Gasteiger partial charge in [-0.2, -0.15) is 0 Å². The van der Waals surface area contributed by atoms with Crippen LogP contribution in [0.15, 0.2) is 29.4 Å². The van der Waals surface area contributed by atoms with Gasteiger partial charge in [0.15, 0.2) is 0 Å². The molecule has 0 aliphatic carbocycles. The van der Waals surface area contributed by atoms with Crippen molar-refractivity contribution in [3.8, 4) is 0 Å². The van der Waals surface area contributed by atoms with Crippen molar-refractivity contribution >= 4 is 6.21 Å². The monoisotopic (exact) mass is 93.1 g/mol. The zero-order valence-electron chi connectivity index (χ0n) is 4.09. The molecule has 0 unspecified atom stereocenters. The van der Waals surface area contributed by atoms with Gasteiger partial charge in [0.25, 0.3) is 0 Å². The topological polar surface area (TPSA) is 12.4 Å². The van der Waals surface area contributed by atoms with Crippen LogP contribution in [0.2, 0.25) is 0 Å². The first-order valence-electron chi connectivity index (χ1n) is 2.25. The van der Waals surface area contributed by atoms with Crippen LogP contribution in [-0.2, 0) is 0 Å². The number of allylic oxidation sites excluding steroid dienone is 2. The molecule has 0 spiro atoms. The summed E-state index contributed by atoms with van der Waals surface area (Å²) in [5, 5.41) is 0. The van der Waals surface area contributed by atoms with Crippen molar-refractivity contribution in [2.45, 2.75) is 6.42 Å². The van der Waals surface area contributed by atoms with Crippen molar-refractivity contribution < 1.29 is 0 Å². The molecular weight excluding hydrogens is 86.1 g/mol. The molecule has 0 aromatic heterocycles. The Hall–Kier alpha value is -0.850. The van der Waals surface area contributed by atoms with Gasteiger partial charge in [-0.3, -0.25) is 4.99 Å². The SMILES string of the molecule is C=C1C=NC=CC1. The molecule has 0 bridgehead atoms. The Bertz CT molecular complexity index is 131. The molecular formula is C6H7N. The van der Waals surface area contributed by atoms with E-state index in [9.17, 15) is 0 Å². The van der Waals surface area contributed by atoms with E-state index < -0.39 is 0 Å². The minimum Gasteiger partial charge on any atom is -0.265 e. The summed E-state index contributed by atoms with van der Waals surface area (Å²) in [6.07, 6.45) is 6.51. The lowest BCUT2D eigenvalue weighted by Crippen LogP contribution is -1.82. The highest BCUT2D eigenvalue weighted by molar-refractivity contribution is 5.79. The molecule has 7 heavy (non-hydrogen) atoms. The first kappa shape index (κ1) is 4.31. The largest absolute Gasteiger partial charge is 0.265 e. The fourth-order valence-corrected chi connectivity index (χ4v) is 0.466. The molecule has 0 saturated carbocycles. The van der Waals surface area contributed by atoms with Gasteiger partial charge in [-0.05, 0) is 12.0 Å². The minimum absolute atomic E-state index is 0.962. The van der Waals surface area contributed by atoms with Gasteiger partial charge >= 0.3 is 0 Å². The average molecular weight is 93.1 g/mol. The molecule has 0 amide bonds. The molecule has 1 aliphatic rings. The highest BCUT2D eigenvalue weighted by Crippen LogP contribution is 1.99. The summed E-state index contributed by atoms with van der Waals surface area (Å²) in [5.74, 6) is 0. The maximum atomic E-state index is 3.85. The van der Waals surface area contributed by atoms with Crippen LogP contribution in [0.4, 0.5) is 0 Å². The van der Waals surface area contributed by atoms with Gasteiger partial charge in [0.05, 0.1) is 0 Å². The summed E-state index contributed by atoms with van der Waals surface area (Å²) < 4.78 is 0. The van der Waals surface area contributed by atoms with Crippen molar-refractivity contribution in [2.24, 2.45) is 4.99 Å². The van der Waals surface area contributed by atoms with Gasteiger partial charge in [-0.1, -0.05) is 12.7 Å². The van der Waals surface area contributed by atoms with E-state index in [0.29, 0.717) is 0 Å². The van der Waals surface area contributed by atoms with Crippen LogP contribution in [0.1, 0.15) is 6.42 Å². The van der Waals surface area contributed by atoms with Crippen LogP contribution in [-0.4, -0.2) is 6.21 Å². The van der Waals surface area contributed by atoms with Gasteiger partial charge in [0, 0.05) is 12.4 Å². The average Bonchev–Trinajstić information content (AvgIpc) is 1.69. The third kappa shape index (κ3) is 1.000. The van der Waals surface area contributed by atoms with Gasteiger partial charge in [0.1, 0.15) is 0 Å². The predicted octanol–water partition coefficient (Wildman–Crippen LogP) is 1.53. The van der Waals surface area contributed by atoms with E-state index in [0.717, 1.165) is 12.0 Å². The molecule has 0 N–H and O–H groups in total. The summed E-state index contributed by atoms with van der Waals surface area (Å²) in [4.78, 5) is 3.85. The number of hydrogen-bond donors (Lipinski definition) is 0. The lowest BCUT2D eigenvalue weighted by molar-refractivity contribution is 1.28. The smallest absolute Gasteiger partial charge is 0.0296 e. The number of aliphatic imine (C=N–C) groups is 1. The Balaban J connectivity index is 2.66. The summed E-state index contributed by atoms with van der Waals surface area (Å²) in [6, 6.07) is 0. The van der Waals surface area contributed by atoms with Crippen LogP contribution in [0.25, 0.3) is 0 Å². The highest BCUT2D eigenvalue weighted by atomic mass is 14.7. The van der Waals surface area contributed by atoms with Gasteiger partial charge in [0.2, 0.25) is 0 Å². The predicted molar refractivity (Wildman–Crippen MR) is 31.4 cm³/mol. The Kier molecular flexibility index (Phi) is 1.07. The molecule has 1 heterocycles. The molecule has 1 nitrogen and oxygen atoms in total. The molecule has 0 aromatic rings. The van der Waals surface area contributed by atoms with Gasteiger partial charge in [-0.25, -0.2) is 0 Å². The van der Waals surface area contributed by atoms with E-state index >= 15 is 0 Å². The van der Waals surface area contributed by atoms with Crippen molar-refractivity contribution in [1.29, 1.82) is 0 Å². The molecule has 36 valence electrons. The lowest BCUT2D eigenvalue weighted by atomic mass is 10.2. The van der Waals surface area contributed by atoms with Crippen molar-refractivity contribution in [1.82, 2.24) is 0 Å². The molecule has 0 radical (unpaired) electrons. The summed E-state index contributed by atoms with van der Waals surface area (Å²) in [5.41, 5.74) is 1.09. The molecule has 0 saturated heterocycles. The summed E-state index contributed by atoms with van der Waals surface area (Å²) in [7, 11) is 0. The lowest BCUT2D eigenvalue weighted by Gasteiger charge is -1.93. The number of hydrogen-bond acceptors (Lipinski definition) is 1. The van der Waals surface area contributed by atoms with Crippen LogP contribution in [0.3, 0.4) is 0 Å². The van der Waals surface area contributed by atoms with Gasteiger partial charge < -0.3 is 0 Å². The molecule has 1 rings (SSSR count). The third-order valence-electron chi connectivity index (χ3n) is 0.829. The van der Waals surface area contributed by atoms with Crippen LogP contribution >= 0.6 is 0 Å². The molecule has 0 fully saturated rings. The highest BCUT2D eigenvalue weighted by Gasteiger charge is 1.86. The fourth-order valence-electron chi connectivity index (χ4n) is 0.466. The van der Waals surface area contributed by atoms with Gasteiger partial charge in [-0.15, -0.1) is 0 Å². The summed E-state index contributed by atoms with van der Waals surface area (Å²) >= 11 is 0. The Morgan fingerprint density at radius 1 is 1.71 bits per heavy atom. The first-order valence-corrected chi connectivity index (χ1v) is 2.25. The second-order valence-electron chi connectivity index (χ2n) is 1.53. The number of nitrogens with zero attached hydrogens (tertiary/aromatic N) is 1. The second-order valence-corrected chi connectivity index (χ2v) is 1.53. The number of rotatable bonds is 0. The van der Waals surface area contributed by atoms with Crippen LogP contribution in [0, 0.1) is 0 Å². The van der Waals surface area contributed by atoms with E-state index in [1.54, 1.807) is 12.4 Å². The molecule has 1 aliphatic heterocycles. The maximum absolute atomic E-state index is 3.85. The minimum atomic E-state index is 0.962. The maximum Gasteiger partial charge on any atom is 0.0296 e. The van der Waals surface area contributed by atoms with E-state index in [4.69, 9.17) is 0 Å². The first-order chi connectivity index (χ1) is 3.39. The summed E-state index contributed by atoms with van der Waals surface area (Å²) in [6.45, 7) is 3.71. The van der Waals surface area contributed by atoms with E-state index in [2.05, 4.69) is 11.6 Å². The van der Waals surface area contributed by atoms with Crippen molar-refractivity contribution in [2.75, 3.05) is 0 Å². The Morgan fingerprint density at radius 2 is 2.57 bits per heavy atom. The standard InChI is InChI=1S/C6H7N/c1-6-3-2-4-7-5-6/h2,4-5H,1,3H2. The molecule has 0 atom stereocenters. The van der Waals surface area contributed by atoms with Crippen LogP contribution < -0.4 is 0 Å². The Labute approximate surface area is 43.1 Å². The quantitative estimate of drug-likeness (QED) is 0.430. The normalized spacial score (nSPS) is 18.0. The van der Waals surface area contributed by atoms with Crippen LogP contribution in [0.5, 0.6) is 0 Å². The van der Waals surface area contributed by atoms with Crippen molar-refractivity contribution in [3.63, 3.8) is 0 Å². The van der Waals surface area contributed by atoms with E-state index in [1.165, 1.54) is 0 Å². The second kappa shape index (κ2) is 1.73. The molecule has 0 aromatic carbocycles. The Morgan fingerprint density at radius 3 is 2.86 bits per heavy atom. The fraction of sp³-hybridized carbons (Fsp3) is 0.167. The third-order valence-corrected chi connectivity index (χ3v) is 0.829. The van der Waals surface area contributed by atoms with E-state index in [-0.39, 0.29) is 0 Å². The zero-order chi connectivity index (χ0) is 5.11. The zero-order valence-corrected chi connectivity index (χ0v) is 4.09. The molecule has 1 heteroatoms.